The average Bonchev–Trinajstić information content (AvgIpc) is 3.34. The van der Waals surface area contributed by atoms with Crippen LogP contribution in [0.15, 0.2) is 55.4 Å². The van der Waals surface area contributed by atoms with Gasteiger partial charge >= 0.3 is 5.72 Å². The molecule has 0 fully saturated rings. The number of ether oxygens (including phenoxy) is 1. The molecule has 25 heavy (non-hydrogen) atoms. The third-order valence-electron chi connectivity index (χ3n) is 3.87. The van der Waals surface area contributed by atoms with Gasteiger partial charge in [-0.25, -0.2) is 9.97 Å². The number of aromatic amines is 1. The Morgan fingerprint density at radius 2 is 2.08 bits per heavy atom. The van der Waals surface area contributed by atoms with Crippen LogP contribution >= 0.6 is 15.9 Å². The highest BCUT2D eigenvalue weighted by Crippen LogP contribution is 2.36. The number of imidazole rings is 1. The second-order valence-electron chi connectivity index (χ2n) is 6.21. The van der Waals surface area contributed by atoms with Crippen LogP contribution in [0.1, 0.15) is 19.7 Å². The Labute approximate surface area is 153 Å². The van der Waals surface area contributed by atoms with E-state index in [-0.39, 0.29) is 11.6 Å². The molecule has 3 rings (SSSR count). The highest BCUT2D eigenvalue weighted by molar-refractivity contribution is 9.09. The molecule has 0 saturated heterocycles. The fourth-order valence-electron chi connectivity index (χ4n) is 2.49. The van der Waals surface area contributed by atoms with Crippen LogP contribution in [0.3, 0.4) is 0 Å². The average molecular weight is 404 g/mol. The molecule has 0 spiro atoms. The first kappa shape index (κ1) is 17.3. The molecule has 3 aromatic rings. The fraction of sp³-hybridized carbons (Fsp3) is 0.294. The summed E-state index contributed by atoms with van der Waals surface area (Å²) in [5.74, 6) is 0.634. The van der Waals surface area contributed by atoms with Gasteiger partial charge in [-0.15, -0.1) is 0 Å². The molecule has 0 saturated carbocycles. The van der Waals surface area contributed by atoms with Gasteiger partial charge in [-0.3, -0.25) is 14.5 Å². The standard InChI is InChI=1S/C17H18BrN5O2/c1-16(2,10-18)14(24)17(15-20-11-21-22-15,23-9-8-19-12-23)25-13-6-4-3-5-7-13/h3-9,11-12H,10H2,1-2H3,(H,20,21,22). The maximum absolute atomic E-state index is 13.6. The Bertz CT molecular complexity index is 782. The highest BCUT2D eigenvalue weighted by Gasteiger charge is 2.53. The Morgan fingerprint density at radius 1 is 1.32 bits per heavy atom. The Balaban J connectivity index is 2.23. The molecule has 7 nitrogen and oxygen atoms in total. The number of nitrogens with zero attached hydrogens (tertiary/aromatic N) is 4. The van der Waals surface area contributed by atoms with Gasteiger partial charge in [0.05, 0.1) is 6.33 Å². The van der Waals surface area contributed by atoms with Gasteiger partial charge in [0.25, 0.3) is 0 Å². The minimum Gasteiger partial charge on any atom is -0.453 e. The normalized spacial score (nSPS) is 14.0. The summed E-state index contributed by atoms with van der Waals surface area (Å²) in [5, 5.41) is 7.17. The van der Waals surface area contributed by atoms with Gasteiger partial charge in [-0.1, -0.05) is 48.0 Å². The number of hydrogen-bond acceptors (Lipinski definition) is 5. The highest BCUT2D eigenvalue weighted by atomic mass is 79.9. The first-order valence-electron chi connectivity index (χ1n) is 7.70. The number of hydrogen-bond donors (Lipinski definition) is 1. The SMILES string of the molecule is CC(C)(CBr)C(=O)C(Oc1ccccc1)(c1ncn[nH]1)n1ccnc1. The summed E-state index contributed by atoms with van der Waals surface area (Å²) in [6.07, 6.45) is 6.15. The van der Waals surface area contributed by atoms with E-state index in [1.165, 1.54) is 12.7 Å². The van der Waals surface area contributed by atoms with Crippen LogP contribution in [0, 0.1) is 5.41 Å². The zero-order valence-corrected chi connectivity index (χ0v) is 15.5. The number of ketones is 1. The van der Waals surface area contributed by atoms with Gasteiger partial charge in [-0.05, 0) is 12.1 Å². The smallest absolute Gasteiger partial charge is 0.307 e. The van der Waals surface area contributed by atoms with E-state index in [0.29, 0.717) is 11.1 Å². The molecule has 0 amide bonds. The van der Waals surface area contributed by atoms with Gasteiger partial charge < -0.3 is 4.74 Å². The molecule has 0 aliphatic carbocycles. The van der Waals surface area contributed by atoms with E-state index in [2.05, 4.69) is 36.1 Å². The van der Waals surface area contributed by atoms with Gasteiger partial charge in [0.15, 0.2) is 5.82 Å². The summed E-state index contributed by atoms with van der Waals surface area (Å²) in [4.78, 5) is 21.9. The number of H-pyrrole nitrogens is 1. The van der Waals surface area contributed by atoms with E-state index in [4.69, 9.17) is 4.74 Å². The zero-order valence-electron chi connectivity index (χ0n) is 13.9. The molecule has 0 aliphatic rings. The number of carbonyl (C=O) groups is 1. The number of para-hydroxylation sites is 1. The van der Waals surface area contributed by atoms with Crippen LogP contribution in [-0.2, 0) is 10.5 Å². The topological polar surface area (TPSA) is 85.7 Å². The summed E-state index contributed by atoms with van der Waals surface area (Å²) in [7, 11) is 0. The number of Topliss-reactive ketones (excluding diaryl/α,β-unsaturated/α-hetero) is 1. The minimum absolute atomic E-state index is 0.185. The summed E-state index contributed by atoms with van der Waals surface area (Å²) in [5.41, 5.74) is -2.28. The number of rotatable bonds is 7. The third kappa shape index (κ3) is 3.09. The van der Waals surface area contributed by atoms with Crippen molar-refractivity contribution in [3.8, 4) is 5.75 Å². The van der Waals surface area contributed by atoms with E-state index < -0.39 is 11.1 Å². The Hall–Kier alpha value is -2.48. The number of alkyl halides is 1. The number of halogens is 1. The molecule has 0 aliphatic heterocycles. The Morgan fingerprint density at radius 3 is 2.64 bits per heavy atom. The summed E-state index contributed by atoms with van der Waals surface area (Å²) >= 11 is 3.43. The molecule has 1 atom stereocenters. The molecule has 1 aromatic carbocycles. The van der Waals surface area contributed by atoms with Crippen LogP contribution in [-0.4, -0.2) is 35.8 Å². The van der Waals surface area contributed by atoms with Crippen LogP contribution in [0.4, 0.5) is 0 Å². The zero-order chi connectivity index (χ0) is 17.9. The molecular weight excluding hydrogens is 386 g/mol. The second-order valence-corrected chi connectivity index (χ2v) is 6.77. The lowest BCUT2D eigenvalue weighted by Crippen LogP contribution is -2.54. The van der Waals surface area contributed by atoms with Crippen molar-refractivity contribution >= 4 is 21.7 Å². The first-order chi connectivity index (χ1) is 12.0. The van der Waals surface area contributed by atoms with Crippen molar-refractivity contribution in [2.45, 2.75) is 19.6 Å². The van der Waals surface area contributed by atoms with Gasteiger partial charge in [0.2, 0.25) is 5.78 Å². The number of carbonyl (C=O) groups excluding carboxylic acids is 1. The van der Waals surface area contributed by atoms with E-state index in [1.54, 1.807) is 29.1 Å². The first-order valence-corrected chi connectivity index (χ1v) is 8.82. The van der Waals surface area contributed by atoms with Gasteiger partial charge in [0.1, 0.15) is 12.1 Å². The van der Waals surface area contributed by atoms with Crippen LogP contribution in [0.2, 0.25) is 0 Å². The van der Waals surface area contributed by atoms with Crippen molar-refractivity contribution in [1.29, 1.82) is 0 Å². The van der Waals surface area contributed by atoms with E-state index in [1.807, 2.05) is 32.0 Å². The fourth-order valence-corrected chi connectivity index (χ4v) is 2.74. The van der Waals surface area contributed by atoms with Crippen molar-refractivity contribution in [3.05, 3.63) is 61.2 Å². The molecule has 1 unspecified atom stereocenters. The predicted octanol–water partition coefficient (Wildman–Crippen LogP) is 2.77. The maximum atomic E-state index is 13.6. The van der Waals surface area contributed by atoms with Crippen molar-refractivity contribution in [1.82, 2.24) is 24.7 Å². The predicted molar refractivity (Wildman–Crippen MR) is 95.3 cm³/mol. The third-order valence-corrected chi connectivity index (χ3v) is 5.27. The lowest BCUT2D eigenvalue weighted by Gasteiger charge is -2.37. The van der Waals surface area contributed by atoms with Crippen molar-refractivity contribution in [2.24, 2.45) is 5.41 Å². The van der Waals surface area contributed by atoms with Crippen LogP contribution < -0.4 is 4.74 Å². The maximum Gasteiger partial charge on any atom is 0.307 e. The van der Waals surface area contributed by atoms with Gasteiger partial charge in [0, 0.05) is 23.1 Å². The molecule has 2 aromatic heterocycles. The summed E-state index contributed by atoms with van der Waals surface area (Å²) in [6, 6.07) is 9.14. The molecular formula is C17H18BrN5O2. The van der Waals surface area contributed by atoms with Crippen LogP contribution in [0.5, 0.6) is 5.75 Å². The molecule has 8 heteroatoms. The summed E-state index contributed by atoms with van der Waals surface area (Å²) in [6.45, 7) is 3.70. The Kier molecular flexibility index (Phi) is 4.71. The monoisotopic (exact) mass is 403 g/mol. The van der Waals surface area contributed by atoms with Crippen molar-refractivity contribution in [2.75, 3.05) is 5.33 Å². The van der Waals surface area contributed by atoms with Crippen molar-refractivity contribution in [3.63, 3.8) is 0 Å². The minimum atomic E-state index is -1.55. The molecule has 0 bridgehead atoms. The number of benzene rings is 1. The number of nitrogens with one attached hydrogen (secondary N) is 1. The summed E-state index contributed by atoms with van der Waals surface area (Å²) < 4.78 is 7.86. The van der Waals surface area contributed by atoms with Gasteiger partial charge in [-0.2, -0.15) is 5.10 Å². The van der Waals surface area contributed by atoms with Crippen LogP contribution in [0.25, 0.3) is 0 Å². The van der Waals surface area contributed by atoms with E-state index >= 15 is 0 Å². The second kappa shape index (κ2) is 6.79. The van der Waals surface area contributed by atoms with Crippen molar-refractivity contribution < 1.29 is 9.53 Å². The quantitative estimate of drug-likeness (QED) is 0.612. The molecule has 0 radical (unpaired) electrons. The van der Waals surface area contributed by atoms with E-state index in [9.17, 15) is 4.79 Å². The number of aromatic nitrogens is 5. The molecule has 1 N–H and O–H groups in total. The lowest BCUT2D eigenvalue weighted by molar-refractivity contribution is -0.147. The lowest BCUT2D eigenvalue weighted by atomic mass is 9.83. The largest absolute Gasteiger partial charge is 0.453 e. The van der Waals surface area contributed by atoms with E-state index in [0.717, 1.165) is 0 Å². The molecule has 130 valence electrons. The molecule has 2 heterocycles.